The molecule has 0 bridgehead atoms. The number of thioether (sulfide) groups is 1. The summed E-state index contributed by atoms with van der Waals surface area (Å²) in [6.07, 6.45) is 0.968. The van der Waals surface area contributed by atoms with Crippen molar-refractivity contribution in [1.82, 2.24) is 5.32 Å². The van der Waals surface area contributed by atoms with Crippen LogP contribution >= 0.6 is 23.1 Å². The zero-order valence-electron chi connectivity index (χ0n) is 10.2. The van der Waals surface area contributed by atoms with Gasteiger partial charge in [0.25, 0.3) is 0 Å². The third-order valence-electron chi connectivity index (χ3n) is 2.21. The van der Waals surface area contributed by atoms with Crippen LogP contribution in [0.15, 0.2) is 12.1 Å². The van der Waals surface area contributed by atoms with Gasteiger partial charge in [0.05, 0.1) is 6.42 Å². The molecule has 1 heterocycles. The monoisotopic (exact) mass is 289 g/mol. The highest BCUT2D eigenvalue weighted by Gasteiger charge is 2.04. The number of aliphatic hydroxyl groups excluding tert-OH is 1. The molecule has 3 N–H and O–H groups in total. The molecule has 0 fully saturated rings. The standard InChI is InChI=1S/C12H19NO3S2/c14-5-1-6-17-7-4-13-9-11-3-2-10(18-11)8-12(15)16/h2-3,13-14H,1,4-9H2,(H,15,16). The lowest BCUT2D eigenvalue weighted by molar-refractivity contribution is -0.136. The summed E-state index contributed by atoms with van der Waals surface area (Å²) in [5.41, 5.74) is 0. The van der Waals surface area contributed by atoms with Crippen molar-refractivity contribution in [3.05, 3.63) is 21.9 Å². The summed E-state index contributed by atoms with van der Waals surface area (Å²) in [6.45, 7) is 2.00. The van der Waals surface area contributed by atoms with Gasteiger partial charge in [0.2, 0.25) is 0 Å². The molecule has 4 nitrogen and oxygen atoms in total. The summed E-state index contributed by atoms with van der Waals surface area (Å²) in [6, 6.07) is 3.86. The Kier molecular flexibility index (Phi) is 8.08. The van der Waals surface area contributed by atoms with Crippen LogP contribution in [0, 0.1) is 0 Å². The average molecular weight is 289 g/mol. The third kappa shape index (κ3) is 7.00. The second-order valence-electron chi connectivity index (χ2n) is 3.80. The van der Waals surface area contributed by atoms with Crippen LogP contribution in [0.3, 0.4) is 0 Å². The number of carboxylic acid groups (broad SMARTS) is 1. The van der Waals surface area contributed by atoms with Crippen LogP contribution in [-0.4, -0.2) is 40.8 Å². The van der Waals surface area contributed by atoms with E-state index in [0.717, 1.165) is 35.9 Å². The second-order valence-corrected chi connectivity index (χ2v) is 6.28. The Morgan fingerprint density at radius 2 is 2.11 bits per heavy atom. The molecule has 0 aliphatic heterocycles. The minimum atomic E-state index is -0.781. The highest BCUT2D eigenvalue weighted by atomic mass is 32.2. The molecule has 0 aliphatic rings. The zero-order valence-corrected chi connectivity index (χ0v) is 11.9. The van der Waals surface area contributed by atoms with Crippen molar-refractivity contribution < 1.29 is 15.0 Å². The van der Waals surface area contributed by atoms with Gasteiger partial charge in [-0.25, -0.2) is 0 Å². The normalized spacial score (nSPS) is 10.7. The lowest BCUT2D eigenvalue weighted by Crippen LogP contribution is -2.16. The van der Waals surface area contributed by atoms with Gasteiger partial charge in [-0.1, -0.05) is 0 Å². The van der Waals surface area contributed by atoms with Gasteiger partial charge in [-0.05, 0) is 24.3 Å². The van der Waals surface area contributed by atoms with Crippen LogP contribution in [0.2, 0.25) is 0 Å². The number of carbonyl (C=O) groups is 1. The van der Waals surface area contributed by atoms with Gasteiger partial charge in [-0.15, -0.1) is 11.3 Å². The Morgan fingerprint density at radius 3 is 2.83 bits per heavy atom. The minimum absolute atomic E-state index is 0.113. The van der Waals surface area contributed by atoms with Crippen molar-refractivity contribution in [2.75, 3.05) is 24.7 Å². The third-order valence-corrected chi connectivity index (χ3v) is 4.37. The van der Waals surface area contributed by atoms with Crippen molar-refractivity contribution >= 4 is 29.1 Å². The van der Waals surface area contributed by atoms with Crippen LogP contribution in [0.4, 0.5) is 0 Å². The van der Waals surface area contributed by atoms with Gasteiger partial charge < -0.3 is 15.5 Å². The van der Waals surface area contributed by atoms with E-state index in [1.165, 1.54) is 4.88 Å². The van der Waals surface area contributed by atoms with Crippen molar-refractivity contribution in [1.29, 1.82) is 0 Å². The Morgan fingerprint density at radius 1 is 1.33 bits per heavy atom. The number of hydrogen-bond acceptors (Lipinski definition) is 5. The number of aliphatic carboxylic acids is 1. The summed E-state index contributed by atoms with van der Waals surface area (Å²) in [7, 11) is 0. The molecule has 0 radical (unpaired) electrons. The van der Waals surface area contributed by atoms with Gasteiger partial charge in [-0.2, -0.15) is 11.8 Å². The first-order valence-corrected chi connectivity index (χ1v) is 7.88. The maximum atomic E-state index is 10.5. The van der Waals surface area contributed by atoms with E-state index in [-0.39, 0.29) is 13.0 Å². The Labute approximate surface area is 115 Å². The first-order valence-electron chi connectivity index (χ1n) is 5.91. The summed E-state index contributed by atoms with van der Waals surface area (Å²) in [4.78, 5) is 12.6. The lowest BCUT2D eigenvalue weighted by atomic mass is 10.3. The van der Waals surface area contributed by atoms with Gasteiger partial charge >= 0.3 is 5.97 Å². The van der Waals surface area contributed by atoms with Crippen LogP contribution in [0.25, 0.3) is 0 Å². The van der Waals surface area contributed by atoms with E-state index in [1.54, 1.807) is 11.3 Å². The molecule has 0 saturated carbocycles. The van der Waals surface area contributed by atoms with E-state index >= 15 is 0 Å². The minimum Gasteiger partial charge on any atom is -0.481 e. The topological polar surface area (TPSA) is 69.6 Å². The molecule has 1 rings (SSSR count). The number of nitrogens with one attached hydrogen (secondary N) is 1. The molecule has 0 unspecified atom stereocenters. The molecule has 1 aromatic rings. The molecule has 0 aromatic carbocycles. The summed E-state index contributed by atoms with van der Waals surface area (Å²) in [5, 5.41) is 20.6. The molecule has 18 heavy (non-hydrogen) atoms. The molecule has 1 aromatic heterocycles. The highest BCUT2D eigenvalue weighted by Crippen LogP contribution is 2.16. The largest absolute Gasteiger partial charge is 0.481 e. The van der Waals surface area contributed by atoms with E-state index in [0.29, 0.717) is 0 Å². The quantitative estimate of drug-likeness (QED) is 0.571. The molecule has 6 heteroatoms. The summed E-state index contributed by atoms with van der Waals surface area (Å²) in [5.74, 6) is 1.25. The molecular weight excluding hydrogens is 270 g/mol. The van der Waals surface area contributed by atoms with Crippen LogP contribution in [0.1, 0.15) is 16.2 Å². The van der Waals surface area contributed by atoms with Crippen LogP contribution in [-0.2, 0) is 17.8 Å². The SMILES string of the molecule is O=C(O)Cc1ccc(CNCCSCCCO)s1. The van der Waals surface area contributed by atoms with Gasteiger partial charge in [0, 0.05) is 35.2 Å². The van der Waals surface area contributed by atoms with Crippen LogP contribution in [0.5, 0.6) is 0 Å². The number of hydrogen-bond donors (Lipinski definition) is 3. The number of carboxylic acids is 1. The smallest absolute Gasteiger partial charge is 0.308 e. The van der Waals surface area contributed by atoms with E-state index in [9.17, 15) is 4.79 Å². The van der Waals surface area contributed by atoms with E-state index in [4.69, 9.17) is 10.2 Å². The molecule has 102 valence electrons. The van der Waals surface area contributed by atoms with E-state index < -0.39 is 5.97 Å². The fraction of sp³-hybridized carbons (Fsp3) is 0.583. The van der Waals surface area contributed by atoms with E-state index in [2.05, 4.69) is 5.32 Å². The van der Waals surface area contributed by atoms with Crippen LogP contribution < -0.4 is 5.32 Å². The first kappa shape index (κ1) is 15.5. The molecule has 0 amide bonds. The average Bonchev–Trinajstić information content (AvgIpc) is 2.75. The zero-order chi connectivity index (χ0) is 13.2. The Hall–Kier alpha value is -0.560. The summed E-state index contributed by atoms with van der Waals surface area (Å²) >= 11 is 3.38. The number of rotatable bonds is 10. The lowest BCUT2D eigenvalue weighted by Gasteiger charge is -2.02. The maximum absolute atomic E-state index is 10.5. The molecule has 0 aliphatic carbocycles. The van der Waals surface area contributed by atoms with Gasteiger partial charge in [0.15, 0.2) is 0 Å². The van der Waals surface area contributed by atoms with Crippen molar-refractivity contribution in [2.24, 2.45) is 0 Å². The van der Waals surface area contributed by atoms with Crippen molar-refractivity contribution in [3.8, 4) is 0 Å². The van der Waals surface area contributed by atoms with Crippen molar-refractivity contribution in [3.63, 3.8) is 0 Å². The fourth-order valence-corrected chi connectivity index (χ4v) is 3.19. The fourth-order valence-electron chi connectivity index (χ4n) is 1.39. The Balaban J connectivity index is 2.08. The first-order chi connectivity index (χ1) is 8.72. The predicted octanol–water partition coefficient (Wildman–Crippen LogP) is 1.58. The number of thiophene rings is 1. The van der Waals surface area contributed by atoms with Gasteiger partial charge in [0.1, 0.15) is 0 Å². The molecule has 0 atom stereocenters. The maximum Gasteiger partial charge on any atom is 0.308 e. The number of aliphatic hydroxyl groups is 1. The molecular formula is C12H19NO3S2. The van der Waals surface area contributed by atoms with E-state index in [1.807, 2.05) is 23.9 Å². The Bertz CT molecular complexity index is 355. The van der Waals surface area contributed by atoms with Gasteiger partial charge in [-0.3, -0.25) is 4.79 Å². The highest BCUT2D eigenvalue weighted by molar-refractivity contribution is 7.99. The second kappa shape index (κ2) is 9.38. The predicted molar refractivity (Wildman–Crippen MR) is 76.4 cm³/mol. The summed E-state index contributed by atoms with van der Waals surface area (Å²) < 4.78 is 0. The molecule has 0 spiro atoms. The molecule has 0 saturated heterocycles. The van der Waals surface area contributed by atoms with Crippen molar-refractivity contribution in [2.45, 2.75) is 19.4 Å².